The van der Waals surface area contributed by atoms with Crippen LogP contribution in [0.2, 0.25) is 0 Å². The van der Waals surface area contributed by atoms with Gasteiger partial charge in [0.2, 0.25) is 0 Å². The van der Waals surface area contributed by atoms with Gasteiger partial charge >= 0.3 is 0 Å². The van der Waals surface area contributed by atoms with Gasteiger partial charge in [-0.05, 0) is 18.4 Å². The van der Waals surface area contributed by atoms with Crippen LogP contribution in [-0.4, -0.2) is 28.7 Å². The number of benzene rings is 1. The van der Waals surface area contributed by atoms with Gasteiger partial charge in [-0.3, -0.25) is 9.36 Å². The molecule has 1 aliphatic heterocycles. The van der Waals surface area contributed by atoms with Gasteiger partial charge in [-0.25, -0.2) is 4.98 Å². The molecule has 104 valence electrons. The Kier molecular flexibility index (Phi) is 3.76. The van der Waals surface area contributed by atoms with E-state index in [1.165, 1.54) is 11.8 Å². The number of methoxy groups -OCH3 is 1. The van der Waals surface area contributed by atoms with Crippen LogP contribution in [0, 0.1) is 0 Å². The van der Waals surface area contributed by atoms with Crippen LogP contribution in [0.15, 0.2) is 39.1 Å². The van der Waals surface area contributed by atoms with Gasteiger partial charge < -0.3 is 4.74 Å². The maximum Gasteiger partial charge on any atom is 0.272 e. The van der Waals surface area contributed by atoms with Crippen LogP contribution in [0.5, 0.6) is 5.75 Å². The second-order valence-electron chi connectivity index (χ2n) is 4.29. The number of hydrogen-bond acceptors (Lipinski definition) is 5. The van der Waals surface area contributed by atoms with Gasteiger partial charge in [-0.2, -0.15) is 0 Å². The summed E-state index contributed by atoms with van der Waals surface area (Å²) in [6.45, 7) is 0. The molecule has 0 saturated carbocycles. The lowest BCUT2D eigenvalue weighted by molar-refractivity contribution is 0.411. The van der Waals surface area contributed by atoms with Crippen LogP contribution in [0.1, 0.15) is 5.69 Å². The summed E-state index contributed by atoms with van der Waals surface area (Å²) >= 11 is 3.07. The van der Waals surface area contributed by atoms with Gasteiger partial charge in [0.05, 0.1) is 23.4 Å². The summed E-state index contributed by atoms with van der Waals surface area (Å²) in [4.78, 5) is 18.1. The molecule has 0 atom stereocenters. The number of rotatable bonds is 3. The van der Waals surface area contributed by atoms with Crippen molar-refractivity contribution < 1.29 is 4.74 Å². The van der Waals surface area contributed by atoms with Crippen molar-refractivity contribution in [2.45, 2.75) is 16.5 Å². The number of nitrogens with zero attached hydrogens (tertiary/aromatic N) is 2. The van der Waals surface area contributed by atoms with Gasteiger partial charge in [0.25, 0.3) is 5.56 Å². The lowest BCUT2D eigenvalue weighted by Gasteiger charge is -2.15. The van der Waals surface area contributed by atoms with Crippen LogP contribution in [0.25, 0.3) is 5.69 Å². The fraction of sp³-hybridized carbons (Fsp3) is 0.286. The molecule has 0 saturated heterocycles. The zero-order valence-corrected chi connectivity index (χ0v) is 12.9. The van der Waals surface area contributed by atoms with Gasteiger partial charge in [0.1, 0.15) is 5.75 Å². The molecule has 0 aliphatic carbocycles. The maximum atomic E-state index is 12.7. The molecule has 0 fully saturated rings. The van der Waals surface area contributed by atoms with E-state index in [1.807, 2.05) is 30.5 Å². The van der Waals surface area contributed by atoms with Crippen LogP contribution in [-0.2, 0) is 6.42 Å². The normalized spacial score (nSPS) is 13.3. The van der Waals surface area contributed by atoms with Gasteiger partial charge in [0, 0.05) is 12.2 Å². The topological polar surface area (TPSA) is 44.1 Å². The molecule has 3 rings (SSSR count). The second kappa shape index (κ2) is 5.54. The molecule has 0 radical (unpaired) electrons. The van der Waals surface area contributed by atoms with E-state index in [9.17, 15) is 4.79 Å². The van der Waals surface area contributed by atoms with E-state index in [2.05, 4.69) is 4.98 Å². The Hall–Kier alpha value is -1.40. The lowest BCUT2D eigenvalue weighted by atomic mass is 10.2. The fourth-order valence-electron chi connectivity index (χ4n) is 2.26. The molecule has 6 heteroatoms. The predicted octanol–water partition coefficient (Wildman–Crippen LogP) is 2.61. The average Bonchev–Trinajstić information content (AvgIpc) is 2.95. The second-order valence-corrected chi connectivity index (χ2v) is 6.16. The first-order valence-corrected chi connectivity index (χ1v) is 8.43. The van der Waals surface area contributed by atoms with E-state index in [0.29, 0.717) is 10.9 Å². The zero-order chi connectivity index (χ0) is 14.1. The van der Waals surface area contributed by atoms with Crippen molar-refractivity contribution in [1.29, 1.82) is 0 Å². The summed E-state index contributed by atoms with van der Waals surface area (Å²) in [6, 6.07) is 7.52. The van der Waals surface area contributed by atoms with E-state index < -0.39 is 0 Å². The number of aryl methyl sites for hydroxylation is 1. The Balaban J connectivity index is 2.31. The number of fused-ring (bicyclic) bond motifs is 1. The molecule has 2 aromatic rings. The van der Waals surface area contributed by atoms with E-state index in [0.717, 1.165) is 28.5 Å². The minimum atomic E-state index is 0.00588. The lowest BCUT2D eigenvalue weighted by Crippen LogP contribution is -2.24. The Bertz CT molecular complexity index is 713. The molecule has 0 spiro atoms. The van der Waals surface area contributed by atoms with Crippen molar-refractivity contribution in [2.75, 3.05) is 19.1 Å². The van der Waals surface area contributed by atoms with Crippen LogP contribution < -0.4 is 10.3 Å². The number of para-hydroxylation sites is 2. The Morgan fingerprint density at radius 1 is 1.40 bits per heavy atom. The van der Waals surface area contributed by atoms with Crippen LogP contribution in [0.4, 0.5) is 0 Å². The monoisotopic (exact) mass is 306 g/mol. The summed E-state index contributed by atoms with van der Waals surface area (Å²) in [6.07, 6.45) is 2.80. The molecule has 0 amide bonds. The fourth-order valence-corrected chi connectivity index (χ4v) is 3.85. The summed E-state index contributed by atoms with van der Waals surface area (Å²) in [5, 5.41) is 0.709. The quantitative estimate of drug-likeness (QED) is 0.644. The first-order chi connectivity index (χ1) is 9.76. The predicted molar refractivity (Wildman–Crippen MR) is 82.6 cm³/mol. The minimum absolute atomic E-state index is 0.00588. The van der Waals surface area contributed by atoms with Crippen molar-refractivity contribution in [3.05, 3.63) is 40.3 Å². The van der Waals surface area contributed by atoms with E-state index >= 15 is 0 Å². The first-order valence-electron chi connectivity index (χ1n) is 6.22. The highest BCUT2D eigenvalue weighted by Crippen LogP contribution is 2.31. The molecule has 4 nitrogen and oxygen atoms in total. The molecule has 1 aliphatic rings. The third kappa shape index (κ3) is 2.13. The largest absolute Gasteiger partial charge is 0.495 e. The van der Waals surface area contributed by atoms with Crippen molar-refractivity contribution in [3.63, 3.8) is 0 Å². The van der Waals surface area contributed by atoms with E-state index in [4.69, 9.17) is 4.74 Å². The SMILES string of the molecule is COc1ccccc1-n1c(SC)nc2c(c1=O)SCC2. The Labute approximate surface area is 125 Å². The average molecular weight is 306 g/mol. The number of thioether (sulfide) groups is 2. The summed E-state index contributed by atoms with van der Waals surface area (Å²) in [5.41, 5.74) is 1.67. The van der Waals surface area contributed by atoms with Gasteiger partial charge in [0.15, 0.2) is 5.16 Å². The first kappa shape index (κ1) is 13.6. The smallest absolute Gasteiger partial charge is 0.272 e. The molecule has 20 heavy (non-hydrogen) atoms. The molecule has 0 unspecified atom stereocenters. The van der Waals surface area contributed by atoms with Crippen molar-refractivity contribution >= 4 is 23.5 Å². The van der Waals surface area contributed by atoms with Crippen molar-refractivity contribution in [3.8, 4) is 11.4 Å². The molecule has 0 N–H and O–H groups in total. The summed E-state index contributed by atoms with van der Waals surface area (Å²) in [5.74, 6) is 1.61. The van der Waals surface area contributed by atoms with Crippen molar-refractivity contribution in [2.24, 2.45) is 0 Å². The highest BCUT2D eigenvalue weighted by Gasteiger charge is 2.23. The molecular weight excluding hydrogens is 292 g/mol. The van der Waals surface area contributed by atoms with E-state index in [-0.39, 0.29) is 5.56 Å². The minimum Gasteiger partial charge on any atom is -0.495 e. The molecular formula is C14H14N2O2S2. The Morgan fingerprint density at radius 3 is 2.95 bits per heavy atom. The summed E-state index contributed by atoms with van der Waals surface area (Å²) in [7, 11) is 1.61. The van der Waals surface area contributed by atoms with Crippen LogP contribution in [0.3, 0.4) is 0 Å². The summed E-state index contributed by atoms with van der Waals surface area (Å²) < 4.78 is 7.02. The molecule has 2 heterocycles. The molecule has 0 bridgehead atoms. The zero-order valence-electron chi connectivity index (χ0n) is 11.3. The third-order valence-corrected chi connectivity index (χ3v) is 4.92. The third-order valence-electron chi connectivity index (χ3n) is 3.18. The maximum absolute atomic E-state index is 12.7. The van der Waals surface area contributed by atoms with Crippen molar-refractivity contribution in [1.82, 2.24) is 9.55 Å². The van der Waals surface area contributed by atoms with Gasteiger partial charge in [-0.1, -0.05) is 23.9 Å². The highest BCUT2D eigenvalue weighted by molar-refractivity contribution is 7.99. The number of ether oxygens (including phenoxy) is 1. The standard InChI is InChI=1S/C14H14N2O2S2/c1-18-11-6-4-3-5-10(11)16-13(17)12-9(7-8-20-12)15-14(16)19-2/h3-6H,7-8H2,1-2H3. The highest BCUT2D eigenvalue weighted by atomic mass is 32.2. The number of hydrogen-bond donors (Lipinski definition) is 0. The van der Waals surface area contributed by atoms with Gasteiger partial charge in [-0.15, -0.1) is 11.8 Å². The number of aromatic nitrogens is 2. The Morgan fingerprint density at radius 2 is 2.20 bits per heavy atom. The van der Waals surface area contributed by atoms with E-state index in [1.54, 1.807) is 23.4 Å². The van der Waals surface area contributed by atoms with Crippen LogP contribution >= 0.6 is 23.5 Å². The molecule has 1 aromatic carbocycles. The molecule has 1 aromatic heterocycles.